The number of pyridine rings is 1. The van der Waals surface area contributed by atoms with Gasteiger partial charge in [0.2, 0.25) is 0 Å². The van der Waals surface area contributed by atoms with Crippen LogP contribution in [-0.4, -0.2) is 28.2 Å². The lowest BCUT2D eigenvalue weighted by Crippen LogP contribution is -2.54. The van der Waals surface area contributed by atoms with Crippen LogP contribution in [0.1, 0.15) is 87.1 Å². The summed E-state index contributed by atoms with van der Waals surface area (Å²) in [7, 11) is 0. The number of hydrogen-bond acceptors (Lipinski definition) is 4. The molecule has 0 unspecified atom stereocenters. The third-order valence-electron chi connectivity index (χ3n) is 9.05. The summed E-state index contributed by atoms with van der Waals surface area (Å²) in [6.45, 7) is 5.27. The van der Waals surface area contributed by atoms with Crippen molar-refractivity contribution in [2.45, 2.75) is 88.5 Å². The number of ether oxygens (including phenoxy) is 1. The van der Waals surface area contributed by atoms with Crippen LogP contribution in [0.15, 0.2) is 36.5 Å². The summed E-state index contributed by atoms with van der Waals surface area (Å²) in [5.74, 6) is 1.56. The molecule has 182 valence electrons. The number of fused-ring (bicyclic) bond motifs is 3. The van der Waals surface area contributed by atoms with Crippen molar-refractivity contribution >= 4 is 5.97 Å². The van der Waals surface area contributed by atoms with Crippen LogP contribution in [0.4, 0.5) is 0 Å². The van der Waals surface area contributed by atoms with Gasteiger partial charge in [0.15, 0.2) is 0 Å². The molecule has 0 amide bonds. The van der Waals surface area contributed by atoms with E-state index in [9.17, 15) is 9.90 Å². The fourth-order valence-corrected chi connectivity index (χ4v) is 7.06. The van der Waals surface area contributed by atoms with Crippen molar-refractivity contribution in [1.82, 2.24) is 4.98 Å². The monoisotopic (exact) mass is 462 g/mol. The van der Waals surface area contributed by atoms with Gasteiger partial charge in [-0.1, -0.05) is 38.1 Å². The molecule has 1 aromatic carbocycles. The fraction of sp³-hybridized carbons (Fsp3) is 0.586. The van der Waals surface area contributed by atoms with E-state index in [2.05, 4.69) is 43.1 Å². The summed E-state index contributed by atoms with van der Waals surface area (Å²) in [5, 5.41) is 9.67. The highest BCUT2D eigenvalue weighted by molar-refractivity contribution is 5.78. The third kappa shape index (κ3) is 4.02. The minimum absolute atomic E-state index is 0.0352. The van der Waals surface area contributed by atoms with Crippen LogP contribution in [-0.2, 0) is 23.1 Å². The molecule has 1 fully saturated rings. The molecule has 0 bridgehead atoms. The molecule has 1 heterocycles. The standard InChI is InChI=1S/C29H38N2O3/c1-19(18-34-25-10-15-31-24-9-5-6-20(2)26(24)25)16-22-17-21-7-3-4-8-23(21)28(22)11-13-29(30,14-12-28)27(32)33/h3-4,7-8,10,15,19-20,22H,5-6,9,11-14,16-18,30H2,1-2H3,(H,32,33)/t19-,20-,22+,28?,29?/m1/s1. The Bertz CT molecular complexity index is 1060. The van der Waals surface area contributed by atoms with Crippen molar-refractivity contribution in [3.63, 3.8) is 0 Å². The SMILES string of the molecule is C[C@@H](COc1ccnc2c1[C@H](C)CCC2)C[C@H]1Cc2ccccc2C12CCC(N)(C(=O)O)CC2. The molecule has 5 rings (SSSR count). The Hall–Kier alpha value is -2.40. The zero-order valence-electron chi connectivity index (χ0n) is 20.6. The van der Waals surface area contributed by atoms with Crippen molar-refractivity contribution in [2.24, 2.45) is 17.6 Å². The van der Waals surface area contributed by atoms with Crippen molar-refractivity contribution in [3.05, 3.63) is 58.9 Å². The van der Waals surface area contributed by atoms with Crippen LogP contribution in [0.3, 0.4) is 0 Å². The van der Waals surface area contributed by atoms with Gasteiger partial charge in [0, 0.05) is 17.5 Å². The summed E-state index contributed by atoms with van der Waals surface area (Å²) < 4.78 is 6.43. The number of carbonyl (C=O) groups is 1. The molecule has 3 atom stereocenters. The maximum atomic E-state index is 11.8. The summed E-state index contributed by atoms with van der Waals surface area (Å²) in [6, 6.07) is 10.8. The van der Waals surface area contributed by atoms with Gasteiger partial charge in [-0.2, -0.15) is 0 Å². The molecular weight excluding hydrogens is 424 g/mol. The first kappa shape index (κ1) is 23.3. The molecule has 0 aliphatic heterocycles. The zero-order valence-corrected chi connectivity index (χ0v) is 20.6. The molecule has 0 radical (unpaired) electrons. The van der Waals surface area contributed by atoms with Gasteiger partial charge >= 0.3 is 5.97 Å². The van der Waals surface area contributed by atoms with Crippen LogP contribution in [0.25, 0.3) is 0 Å². The summed E-state index contributed by atoms with van der Waals surface area (Å²) in [4.78, 5) is 16.4. The van der Waals surface area contributed by atoms with E-state index < -0.39 is 11.5 Å². The van der Waals surface area contributed by atoms with Crippen LogP contribution >= 0.6 is 0 Å². The first-order chi connectivity index (χ1) is 16.3. The number of aliphatic carboxylic acids is 1. The van der Waals surface area contributed by atoms with Crippen LogP contribution in [0.2, 0.25) is 0 Å². The minimum Gasteiger partial charge on any atom is -0.493 e. The average molecular weight is 463 g/mol. The van der Waals surface area contributed by atoms with Crippen molar-refractivity contribution in [2.75, 3.05) is 6.61 Å². The number of hydrogen-bond donors (Lipinski definition) is 2. The second-order valence-electron chi connectivity index (χ2n) is 11.3. The smallest absolute Gasteiger partial charge is 0.323 e. The Kier molecular flexibility index (Phi) is 6.18. The molecule has 3 N–H and O–H groups in total. The van der Waals surface area contributed by atoms with E-state index in [4.69, 9.17) is 10.5 Å². The largest absolute Gasteiger partial charge is 0.493 e. The molecule has 3 aliphatic carbocycles. The number of aryl methyl sites for hydroxylation is 1. The van der Waals surface area contributed by atoms with Gasteiger partial charge in [-0.25, -0.2) is 0 Å². The minimum atomic E-state index is -1.08. The summed E-state index contributed by atoms with van der Waals surface area (Å²) >= 11 is 0. The third-order valence-corrected chi connectivity index (χ3v) is 9.05. The molecule has 1 spiro atoms. The van der Waals surface area contributed by atoms with Crippen molar-refractivity contribution in [1.29, 1.82) is 0 Å². The number of rotatable bonds is 6. The first-order valence-electron chi connectivity index (χ1n) is 13.0. The first-order valence-corrected chi connectivity index (χ1v) is 13.0. The van der Waals surface area contributed by atoms with Gasteiger partial charge < -0.3 is 15.6 Å². The lowest BCUT2D eigenvalue weighted by Gasteiger charge is -2.45. The highest BCUT2D eigenvalue weighted by Crippen LogP contribution is 2.55. The zero-order chi connectivity index (χ0) is 23.9. The molecule has 3 aliphatic rings. The number of nitrogens with two attached hydrogens (primary N) is 1. The number of benzene rings is 1. The van der Waals surface area contributed by atoms with Gasteiger partial charge in [0.1, 0.15) is 11.3 Å². The van der Waals surface area contributed by atoms with E-state index in [1.165, 1.54) is 35.2 Å². The maximum Gasteiger partial charge on any atom is 0.323 e. The molecular formula is C29H38N2O3. The Balaban J connectivity index is 1.31. The highest BCUT2D eigenvalue weighted by atomic mass is 16.5. The van der Waals surface area contributed by atoms with Gasteiger partial charge in [-0.15, -0.1) is 0 Å². The Morgan fingerprint density at radius 3 is 2.76 bits per heavy atom. The topological polar surface area (TPSA) is 85.4 Å². The Labute approximate surface area is 203 Å². The van der Waals surface area contributed by atoms with Gasteiger partial charge in [-0.05, 0) is 98.1 Å². The van der Waals surface area contributed by atoms with Crippen LogP contribution in [0, 0.1) is 11.8 Å². The molecule has 1 saturated carbocycles. The second-order valence-corrected chi connectivity index (χ2v) is 11.3. The van der Waals surface area contributed by atoms with Crippen LogP contribution in [0.5, 0.6) is 5.75 Å². The molecule has 0 saturated heterocycles. The van der Waals surface area contributed by atoms with Gasteiger partial charge in [-0.3, -0.25) is 9.78 Å². The molecule has 34 heavy (non-hydrogen) atoms. The average Bonchev–Trinajstić information content (AvgIpc) is 3.12. The van der Waals surface area contributed by atoms with E-state index >= 15 is 0 Å². The number of nitrogens with zero attached hydrogens (tertiary/aromatic N) is 1. The van der Waals surface area contributed by atoms with Gasteiger partial charge in [0.25, 0.3) is 0 Å². The predicted molar refractivity (Wildman–Crippen MR) is 133 cm³/mol. The van der Waals surface area contributed by atoms with Gasteiger partial charge in [0.05, 0.1) is 6.61 Å². The van der Waals surface area contributed by atoms with E-state index in [-0.39, 0.29) is 5.41 Å². The van der Waals surface area contributed by atoms with Crippen molar-refractivity contribution < 1.29 is 14.6 Å². The second kappa shape index (κ2) is 8.99. The number of carboxylic acid groups (broad SMARTS) is 1. The lowest BCUT2D eigenvalue weighted by atomic mass is 9.60. The molecule has 2 aromatic rings. The van der Waals surface area contributed by atoms with E-state index in [1.54, 1.807) is 0 Å². The predicted octanol–water partition coefficient (Wildman–Crippen LogP) is 5.39. The quantitative estimate of drug-likeness (QED) is 0.601. The van der Waals surface area contributed by atoms with Crippen LogP contribution < -0.4 is 10.5 Å². The van der Waals surface area contributed by atoms with E-state index in [1.807, 2.05) is 12.3 Å². The number of carboxylic acids is 1. The normalized spacial score (nSPS) is 31.0. The molecule has 5 nitrogen and oxygen atoms in total. The highest BCUT2D eigenvalue weighted by Gasteiger charge is 2.52. The molecule has 1 aromatic heterocycles. The Morgan fingerprint density at radius 1 is 1.24 bits per heavy atom. The van der Waals surface area contributed by atoms with E-state index in [0.717, 1.165) is 37.9 Å². The van der Waals surface area contributed by atoms with Crippen molar-refractivity contribution in [3.8, 4) is 5.75 Å². The van der Waals surface area contributed by atoms with E-state index in [0.29, 0.717) is 37.2 Å². The number of aromatic nitrogens is 1. The summed E-state index contributed by atoms with van der Waals surface area (Å²) in [5.41, 5.74) is 10.6. The summed E-state index contributed by atoms with van der Waals surface area (Å²) in [6.07, 6.45) is 10.3. The molecule has 5 heteroatoms. The lowest BCUT2D eigenvalue weighted by molar-refractivity contribution is -0.145. The fourth-order valence-electron chi connectivity index (χ4n) is 7.06. The Morgan fingerprint density at radius 2 is 2.00 bits per heavy atom. The maximum absolute atomic E-state index is 11.8.